The van der Waals surface area contributed by atoms with Gasteiger partial charge in [0, 0.05) is 0 Å². The molecule has 110 valence electrons. The summed E-state index contributed by atoms with van der Waals surface area (Å²) >= 11 is 0. The zero-order valence-electron chi connectivity index (χ0n) is 12.6. The van der Waals surface area contributed by atoms with Crippen molar-refractivity contribution in [2.24, 2.45) is 5.84 Å². The molecule has 0 aromatic heterocycles. The number of nitrogens with one attached hydrogen (secondary N) is 1. The van der Waals surface area contributed by atoms with E-state index in [9.17, 15) is 0 Å². The summed E-state index contributed by atoms with van der Waals surface area (Å²) in [4.78, 5) is 0. The van der Waals surface area contributed by atoms with E-state index in [4.69, 9.17) is 10.6 Å². The van der Waals surface area contributed by atoms with E-state index in [0.717, 1.165) is 11.3 Å². The van der Waals surface area contributed by atoms with Crippen molar-refractivity contribution in [1.29, 1.82) is 0 Å². The molecule has 1 saturated carbocycles. The zero-order valence-corrected chi connectivity index (χ0v) is 12.6. The fraction of sp³-hybridized carbons (Fsp3) is 0.333. The largest absolute Gasteiger partial charge is 0.490 e. The average molecular weight is 282 g/mol. The van der Waals surface area contributed by atoms with Gasteiger partial charge in [0.15, 0.2) is 0 Å². The van der Waals surface area contributed by atoms with Crippen LogP contribution in [0.5, 0.6) is 5.75 Å². The molecule has 0 bridgehead atoms. The minimum atomic E-state index is -0.0212. The maximum atomic E-state index is 5.87. The van der Waals surface area contributed by atoms with Crippen LogP contribution in [0.3, 0.4) is 0 Å². The van der Waals surface area contributed by atoms with Crippen LogP contribution < -0.4 is 16.0 Å². The summed E-state index contributed by atoms with van der Waals surface area (Å²) in [5.74, 6) is 6.73. The van der Waals surface area contributed by atoms with Crippen LogP contribution >= 0.6 is 0 Å². The summed E-state index contributed by atoms with van der Waals surface area (Å²) in [6.45, 7) is 4.24. The molecule has 1 aliphatic rings. The molecule has 0 saturated heterocycles. The Morgan fingerprint density at radius 2 is 1.81 bits per heavy atom. The normalized spacial score (nSPS) is 15.8. The lowest BCUT2D eigenvalue weighted by Crippen LogP contribution is -2.28. The minimum absolute atomic E-state index is 0.0212. The van der Waals surface area contributed by atoms with Crippen LogP contribution in [0.25, 0.3) is 0 Å². The molecule has 1 unspecified atom stereocenters. The van der Waals surface area contributed by atoms with Gasteiger partial charge in [0.25, 0.3) is 0 Å². The highest BCUT2D eigenvalue weighted by Gasteiger charge is 2.24. The molecule has 2 aromatic carbocycles. The SMILES string of the molecule is Cc1ccc(C(NN)c2cccc(OC3CC3)c2)cc1C. The van der Waals surface area contributed by atoms with Gasteiger partial charge in [-0.15, -0.1) is 0 Å². The Kier molecular flexibility index (Phi) is 3.95. The first kappa shape index (κ1) is 14.1. The van der Waals surface area contributed by atoms with Gasteiger partial charge in [-0.2, -0.15) is 0 Å². The molecule has 1 fully saturated rings. The Labute approximate surface area is 126 Å². The van der Waals surface area contributed by atoms with E-state index in [1.54, 1.807) is 0 Å². The van der Waals surface area contributed by atoms with Crippen molar-refractivity contribution >= 4 is 0 Å². The van der Waals surface area contributed by atoms with Gasteiger partial charge in [0.2, 0.25) is 0 Å². The fourth-order valence-corrected chi connectivity index (χ4v) is 2.47. The van der Waals surface area contributed by atoms with Crippen LogP contribution in [0.1, 0.15) is 41.1 Å². The first-order valence-electron chi connectivity index (χ1n) is 7.47. The number of ether oxygens (including phenoxy) is 1. The van der Waals surface area contributed by atoms with Gasteiger partial charge in [-0.1, -0.05) is 30.3 Å². The summed E-state index contributed by atoms with van der Waals surface area (Å²) in [5, 5.41) is 0. The molecule has 1 atom stereocenters. The Morgan fingerprint density at radius 3 is 2.48 bits per heavy atom. The van der Waals surface area contributed by atoms with Crippen LogP contribution in [-0.4, -0.2) is 6.10 Å². The summed E-state index contributed by atoms with van der Waals surface area (Å²) in [7, 11) is 0. The highest BCUT2D eigenvalue weighted by Crippen LogP contribution is 2.30. The standard InChI is InChI=1S/C18H22N2O/c1-12-6-7-15(10-13(12)2)18(20-19)14-4-3-5-17(11-14)21-16-8-9-16/h3-7,10-11,16,18,20H,8-9,19H2,1-2H3. The maximum absolute atomic E-state index is 5.87. The molecular weight excluding hydrogens is 260 g/mol. The van der Waals surface area contributed by atoms with E-state index in [1.807, 2.05) is 12.1 Å². The molecular formula is C18H22N2O. The predicted octanol–water partition coefficient (Wildman–Crippen LogP) is 3.40. The Hall–Kier alpha value is -1.84. The van der Waals surface area contributed by atoms with Crippen molar-refractivity contribution in [3.05, 3.63) is 64.7 Å². The molecule has 3 nitrogen and oxygen atoms in total. The van der Waals surface area contributed by atoms with E-state index in [-0.39, 0.29) is 6.04 Å². The van der Waals surface area contributed by atoms with E-state index in [2.05, 4.69) is 49.6 Å². The third kappa shape index (κ3) is 3.26. The number of nitrogens with two attached hydrogens (primary N) is 1. The lowest BCUT2D eigenvalue weighted by Gasteiger charge is -2.19. The second-order valence-corrected chi connectivity index (χ2v) is 5.83. The molecule has 3 heteroatoms. The van der Waals surface area contributed by atoms with Crippen LogP contribution in [-0.2, 0) is 0 Å². The second-order valence-electron chi connectivity index (χ2n) is 5.83. The summed E-state index contributed by atoms with van der Waals surface area (Å²) in [6.07, 6.45) is 2.74. The lowest BCUT2D eigenvalue weighted by atomic mass is 9.96. The van der Waals surface area contributed by atoms with Gasteiger partial charge >= 0.3 is 0 Å². The average Bonchev–Trinajstić information content (AvgIpc) is 3.28. The smallest absolute Gasteiger partial charge is 0.120 e. The summed E-state index contributed by atoms with van der Waals surface area (Å²) in [5.41, 5.74) is 7.78. The molecule has 1 aliphatic carbocycles. The van der Waals surface area contributed by atoms with Crippen molar-refractivity contribution in [2.45, 2.75) is 38.8 Å². The Balaban J connectivity index is 1.89. The molecule has 0 radical (unpaired) electrons. The number of hydrogen-bond acceptors (Lipinski definition) is 3. The first-order valence-corrected chi connectivity index (χ1v) is 7.47. The van der Waals surface area contributed by atoms with Gasteiger partial charge in [-0.25, -0.2) is 5.43 Å². The molecule has 3 N–H and O–H groups in total. The highest BCUT2D eigenvalue weighted by atomic mass is 16.5. The number of benzene rings is 2. The number of hydrazine groups is 1. The molecule has 0 heterocycles. The molecule has 2 aromatic rings. The van der Waals surface area contributed by atoms with Crippen LogP contribution in [0, 0.1) is 13.8 Å². The number of rotatable bonds is 5. The van der Waals surface area contributed by atoms with Crippen molar-refractivity contribution in [3.8, 4) is 5.75 Å². The quantitative estimate of drug-likeness (QED) is 0.652. The minimum Gasteiger partial charge on any atom is -0.490 e. The fourth-order valence-electron chi connectivity index (χ4n) is 2.47. The van der Waals surface area contributed by atoms with Gasteiger partial charge < -0.3 is 4.74 Å². The predicted molar refractivity (Wildman–Crippen MR) is 85.2 cm³/mol. The first-order chi connectivity index (χ1) is 10.2. The van der Waals surface area contributed by atoms with Gasteiger partial charge in [-0.05, 0) is 61.1 Å². The van der Waals surface area contributed by atoms with E-state index in [1.165, 1.54) is 29.5 Å². The van der Waals surface area contributed by atoms with Crippen LogP contribution in [0.2, 0.25) is 0 Å². The monoisotopic (exact) mass is 282 g/mol. The Morgan fingerprint density at radius 1 is 1.05 bits per heavy atom. The van der Waals surface area contributed by atoms with Crippen molar-refractivity contribution in [2.75, 3.05) is 0 Å². The van der Waals surface area contributed by atoms with Gasteiger partial charge in [0.05, 0.1) is 12.1 Å². The molecule has 21 heavy (non-hydrogen) atoms. The molecule has 0 amide bonds. The molecule has 0 spiro atoms. The molecule has 0 aliphatic heterocycles. The van der Waals surface area contributed by atoms with Crippen LogP contribution in [0.15, 0.2) is 42.5 Å². The van der Waals surface area contributed by atoms with E-state index < -0.39 is 0 Å². The second kappa shape index (κ2) is 5.88. The lowest BCUT2D eigenvalue weighted by molar-refractivity contribution is 0.302. The van der Waals surface area contributed by atoms with Crippen molar-refractivity contribution in [1.82, 2.24) is 5.43 Å². The number of hydrogen-bond donors (Lipinski definition) is 2. The summed E-state index contributed by atoms with van der Waals surface area (Å²) < 4.78 is 5.87. The van der Waals surface area contributed by atoms with Crippen LogP contribution in [0.4, 0.5) is 0 Å². The Bertz CT molecular complexity index is 635. The topological polar surface area (TPSA) is 47.3 Å². The summed E-state index contributed by atoms with van der Waals surface area (Å²) in [6, 6.07) is 14.6. The molecule has 3 rings (SSSR count). The highest BCUT2D eigenvalue weighted by molar-refractivity contribution is 5.39. The van der Waals surface area contributed by atoms with Crippen molar-refractivity contribution < 1.29 is 4.74 Å². The maximum Gasteiger partial charge on any atom is 0.120 e. The van der Waals surface area contributed by atoms with Crippen molar-refractivity contribution in [3.63, 3.8) is 0 Å². The van der Waals surface area contributed by atoms with E-state index in [0.29, 0.717) is 6.10 Å². The third-order valence-electron chi connectivity index (χ3n) is 4.05. The number of aryl methyl sites for hydroxylation is 2. The van der Waals surface area contributed by atoms with E-state index >= 15 is 0 Å². The third-order valence-corrected chi connectivity index (χ3v) is 4.05. The van der Waals surface area contributed by atoms with Gasteiger partial charge in [0.1, 0.15) is 5.75 Å². The zero-order chi connectivity index (χ0) is 14.8. The van der Waals surface area contributed by atoms with Gasteiger partial charge in [-0.3, -0.25) is 5.84 Å².